The first-order valence-electron chi connectivity index (χ1n) is 9.45. The maximum absolute atomic E-state index is 12.7. The molecular weight excluding hydrogens is 389 g/mol. The lowest BCUT2D eigenvalue weighted by atomic mass is 10.1. The van der Waals surface area contributed by atoms with Crippen LogP contribution in [0.3, 0.4) is 0 Å². The zero-order valence-electron chi connectivity index (χ0n) is 15.3. The largest absolute Gasteiger partial charge is 0.416 e. The summed E-state index contributed by atoms with van der Waals surface area (Å²) in [5.41, 5.74) is 2.01. The monoisotopic (exact) mass is 410 g/mol. The maximum atomic E-state index is 12.7. The fourth-order valence-electron chi connectivity index (χ4n) is 3.83. The summed E-state index contributed by atoms with van der Waals surface area (Å²) in [6.45, 7) is 1.30. The molecule has 28 heavy (non-hydrogen) atoms. The predicted molar refractivity (Wildman–Crippen MR) is 101 cm³/mol. The summed E-state index contributed by atoms with van der Waals surface area (Å²) in [6, 6.07) is 5.14. The number of rotatable bonds is 5. The van der Waals surface area contributed by atoms with Crippen molar-refractivity contribution in [1.29, 1.82) is 0 Å². The van der Waals surface area contributed by atoms with Crippen molar-refractivity contribution >= 4 is 11.8 Å². The summed E-state index contributed by atoms with van der Waals surface area (Å²) in [7, 11) is 0. The highest BCUT2D eigenvalue weighted by atomic mass is 32.2. The van der Waals surface area contributed by atoms with Crippen LogP contribution in [0.2, 0.25) is 0 Å². The number of alkyl halides is 3. The van der Waals surface area contributed by atoms with E-state index in [2.05, 4.69) is 4.98 Å². The second-order valence-electron chi connectivity index (χ2n) is 7.21. The summed E-state index contributed by atoms with van der Waals surface area (Å²) < 4.78 is 45.5. The van der Waals surface area contributed by atoms with Crippen LogP contribution in [0.1, 0.15) is 41.6 Å². The molecule has 1 aromatic heterocycles. The Labute approximate surface area is 165 Å². The molecule has 0 amide bonds. The van der Waals surface area contributed by atoms with Crippen molar-refractivity contribution in [2.24, 2.45) is 0 Å². The van der Waals surface area contributed by atoms with Gasteiger partial charge in [0.25, 0.3) is 0 Å². The first kappa shape index (κ1) is 19.5. The normalized spacial score (nSPS) is 19.2. The fourth-order valence-corrected chi connectivity index (χ4v) is 4.86. The fraction of sp³-hybridized carbons (Fsp3) is 0.500. The third kappa shape index (κ3) is 4.12. The van der Waals surface area contributed by atoms with Crippen molar-refractivity contribution in [2.75, 3.05) is 6.61 Å². The summed E-state index contributed by atoms with van der Waals surface area (Å²) in [5, 5.41) is 0.709. The van der Waals surface area contributed by atoms with Crippen LogP contribution in [0.4, 0.5) is 13.2 Å². The second kappa shape index (κ2) is 7.91. The molecule has 0 radical (unpaired) electrons. The molecule has 1 aliphatic carbocycles. The number of hydrogen-bond donors (Lipinski definition) is 0. The van der Waals surface area contributed by atoms with Crippen molar-refractivity contribution < 1.29 is 17.9 Å². The third-order valence-electron chi connectivity index (χ3n) is 5.27. The van der Waals surface area contributed by atoms with Gasteiger partial charge in [0.05, 0.1) is 18.2 Å². The van der Waals surface area contributed by atoms with Gasteiger partial charge in [0.1, 0.15) is 5.03 Å². The van der Waals surface area contributed by atoms with Crippen LogP contribution >= 0.6 is 11.8 Å². The van der Waals surface area contributed by atoms with Gasteiger partial charge in [-0.15, -0.1) is 11.8 Å². The molecule has 4 rings (SSSR count). The molecule has 0 saturated carbocycles. The van der Waals surface area contributed by atoms with Crippen molar-refractivity contribution in [3.63, 3.8) is 0 Å². The first-order chi connectivity index (χ1) is 13.4. The predicted octanol–water partition coefficient (Wildman–Crippen LogP) is 4.22. The molecule has 0 bridgehead atoms. The number of thioether (sulfide) groups is 1. The van der Waals surface area contributed by atoms with Crippen LogP contribution in [0, 0.1) is 0 Å². The Hall–Kier alpha value is -1.80. The van der Waals surface area contributed by atoms with Crippen LogP contribution < -0.4 is 5.69 Å². The molecule has 0 spiro atoms. The lowest BCUT2D eigenvalue weighted by molar-refractivity contribution is -0.137. The van der Waals surface area contributed by atoms with Gasteiger partial charge in [-0.05, 0) is 49.8 Å². The molecule has 0 N–H and O–H groups in total. The van der Waals surface area contributed by atoms with E-state index in [1.807, 2.05) is 0 Å². The molecule has 8 heteroatoms. The van der Waals surface area contributed by atoms with Gasteiger partial charge in [0.2, 0.25) is 0 Å². The average Bonchev–Trinajstić information content (AvgIpc) is 3.34. The Bertz CT molecular complexity index is 903. The smallest absolute Gasteiger partial charge is 0.376 e. The molecule has 1 fully saturated rings. The highest BCUT2D eigenvalue weighted by Crippen LogP contribution is 2.33. The lowest BCUT2D eigenvalue weighted by Crippen LogP contribution is -2.31. The van der Waals surface area contributed by atoms with Crippen LogP contribution in [0.15, 0.2) is 34.1 Å². The zero-order valence-corrected chi connectivity index (χ0v) is 16.1. The number of ether oxygens (including phenoxy) is 1. The quantitative estimate of drug-likeness (QED) is 0.547. The first-order valence-corrected chi connectivity index (χ1v) is 10.4. The van der Waals surface area contributed by atoms with E-state index < -0.39 is 11.7 Å². The van der Waals surface area contributed by atoms with Gasteiger partial charge in [-0.3, -0.25) is 4.57 Å². The Morgan fingerprint density at radius 2 is 1.96 bits per heavy atom. The van der Waals surface area contributed by atoms with E-state index in [0.29, 0.717) is 17.3 Å². The molecule has 1 atom stereocenters. The molecule has 1 saturated heterocycles. The summed E-state index contributed by atoms with van der Waals surface area (Å²) >= 11 is 1.42. The number of halogens is 3. The Balaban J connectivity index is 1.51. The third-order valence-corrected chi connectivity index (χ3v) is 6.36. The van der Waals surface area contributed by atoms with Gasteiger partial charge in [0, 0.05) is 23.6 Å². The van der Waals surface area contributed by atoms with E-state index in [4.69, 9.17) is 4.74 Å². The molecular formula is C20H21F3N2O2S. The van der Waals surface area contributed by atoms with Crippen molar-refractivity contribution in [2.45, 2.75) is 61.7 Å². The van der Waals surface area contributed by atoms with Crippen LogP contribution in [-0.4, -0.2) is 22.3 Å². The van der Waals surface area contributed by atoms with E-state index in [0.717, 1.165) is 67.7 Å². The van der Waals surface area contributed by atoms with Crippen LogP contribution in [-0.2, 0) is 36.1 Å². The molecule has 1 aromatic carbocycles. The van der Waals surface area contributed by atoms with Crippen molar-refractivity contribution in [3.05, 3.63) is 57.1 Å². The van der Waals surface area contributed by atoms with Gasteiger partial charge in [-0.1, -0.05) is 12.1 Å². The highest BCUT2D eigenvalue weighted by molar-refractivity contribution is 7.98. The van der Waals surface area contributed by atoms with E-state index in [1.54, 1.807) is 4.57 Å². The topological polar surface area (TPSA) is 44.1 Å². The average molecular weight is 410 g/mol. The van der Waals surface area contributed by atoms with Gasteiger partial charge in [0.15, 0.2) is 0 Å². The van der Waals surface area contributed by atoms with Gasteiger partial charge >= 0.3 is 11.9 Å². The zero-order chi connectivity index (χ0) is 19.7. The molecule has 1 aliphatic heterocycles. The Morgan fingerprint density at radius 3 is 2.64 bits per heavy atom. The van der Waals surface area contributed by atoms with Crippen molar-refractivity contribution in [3.8, 4) is 0 Å². The maximum Gasteiger partial charge on any atom is 0.416 e. The number of aromatic nitrogens is 2. The standard InChI is InChI=1S/C20H21F3N2O2S/c21-20(22,23)14-8-6-13(7-9-14)12-28-18-16-4-1-5-17(16)25(19(26)24-18)11-15-3-2-10-27-15/h6-9,15H,1-5,10-12H2/t15-/m1/s1. The molecule has 2 aromatic rings. The van der Waals surface area contributed by atoms with Crippen LogP contribution in [0.25, 0.3) is 0 Å². The lowest BCUT2D eigenvalue weighted by Gasteiger charge is -2.17. The molecule has 0 unspecified atom stereocenters. The molecule has 4 nitrogen and oxygen atoms in total. The summed E-state index contributed by atoms with van der Waals surface area (Å²) in [4.78, 5) is 16.9. The summed E-state index contributed by atoms with van der Waals surface area (Å²) in [5.74, 6) is 0.479. The van der Waals surface area contributed by atoms with Gasteiger partial charge < -0.3 is 4.74 Å². The number of fused-ring (bicyclic) bond motifs is 1. The Morgan fingerprint density at radius 1 is 1.18 bits per heavy atom. The Kier molecular flexibility index (Phi) is 5.51. The van der Waals surface area contributed by atoms with Crippen LogP contribution in [0.5, 0.6) is 0 Å². The minimum absolute atomic E-state index is 0.0786. The SMILES string of the molecule is O=c1nc(SCc2ccc(C(F)(F)F)cc2)c2c(n1C[C@H]1CCCO1)CCC2. The number of benzene rings is 1. The number of nitrogens with zero attached hydrogens (tertiary/aromatic N) is 2. The minimum Gasteiger partial charge on any atom is -0.376 e. The van der Waals surface area contributed by atoms with Gasteiger partial charge in [-0.2, -0.15) is 18.2 Å². The number of hydrogen-bond acceptors (Lipinski definition) is 4. The molecule has 2 aliphatic rings. The van der Waals surface area contributed by atoms with E-state index in [1.165, 1.54) is 23.9 Å². The van der Waals surface area contributed by atoms with Gasteiger partial charge in [-0.25, -0.2) is 4.79 Å². The molecule has 150 valence electrons. The highest BCUT2D eigenvalue weighted by Gasteiger charge is 2.30. The van der Waals surface area contributed by atoms with E-state index in [-0.39, 0.29) is 11.8 Å². The van der Waals surface area contributed by atoms with E-state index in [9.17, 15) is 18.0 Å². The van der Waals surface area contributed by atoms with Crippen molar-refractivity contribution in [1.82, 2.24) is 9.55 Å². The van der Waals surface area contributed by atoms with E-state index >= 15 is 0 Å². The summed E-state index contributed by atoms with van der Waals surface area (Å²) in [6.07, 6.45) is 0.454. The molecule has 2 heterocycles. The minimum atomic E-state index is -4.33. The second-order valence-corrected chi connectivity index (χ2v) is 8.17.